The van der Waals surface area contributed by atoms with Crippen LogP contribution in [0.15, 0.2) is 66.7 Å². The summed E-state index contributed by atoms with van der Waals surface area (Å²) in [5.41, 5.74) is 2.65. The summed E-state index contributed by atoms with van der Waals surface area (Å²) in [4.78, 5) is 28.4. The van der Waals surface area contributed by atoms with Crippen molar-refractivity contribution < 1.29 is 9.59 Å². The third-order valence-corrected chi connectivity index (χ3v) is 5.49. The van der Waals surface area contributed by atoms with Crippen molar-refractivity contribution in [1.82, 2.24) is 0 Å². The molecule has 5 nitrogen and oxygen atoms in total. The molecule has 6 heteroatoms. The van der Waals surface area contributed by atoms with Crippen molar-refractivity contribution in [2.75, 3.05) is 15.5 Å². The van der Waals surface area contributed by atoms with E-state index in [0.717, 1.165) is 5.56 Å². The van der Waals surface area contributed by atoms with Gasteiger partial charge in [0, 0.05) is 27.6 Å². The van der Waals surface area contributed by atoms with Gasteiger partial charge in [0.25, 0.3) is 11.8 Å². The average molecular weight is 390 g/mol. The maximum atomic E-state index is 13.6. The number of rotatable bonds is 1. The molecule has 1 atom stereocenters. The molecule has 138 valence electrons. The summed E-state index contributed by atoms with van der Waals surface area (Å²) in [6, 6.07) is 19.9. The second-order valence-corrected chi connectivity index (χ2v) is 7.44. The lowest BCUT2D eigenvalue weighted by atomic mass is 9.92. The van der Waals surface area contributed by atoms with E-state index in [1.165, 1.54) is 4.90 Å². The van der Waals surface area contributed by atoms with Crippen LogP contribution in [0.25, 0.3) is 0 Å². The van der Waals surface area contributed by atoms with E-state index >= 15 is 0 Å². The highest BCUT2D eigenvalue weighted by atomic mass is 35.5. The van der Waals surface area contributed by atoms with E-state index in [1.54, 1.807) is 30.3 Å². The average Bonchev–Trinajstić information content (AvgIpc) is 2.95. The van der Waals surface area contributed by atoms with Gasteiger partial charge >= 0.3 is 0 Å². The first kappa shape index (κ1) is 16.8. The number of nitrogens with one attached hydrogen (secondary N) is 2. The van der Waals surface area contributed by atoms with Gasteiger partial charge in [-0.1, -0.05) is 41.4 Å². The summed E-state index contributed by atoms with van der Waals surface area (Å²) in [6.07, 6.45) is 0. The number of amides is 2. The molecule has 5 rings (SSSR count). The number of halogens is 1. The first-order valence-electron chi connectivity index (χ1n) is 8.90. The molecule has 0 saturated heterocycles. The minimum atomic E-state index is -1.42. The van der Waals surface area contributed by atoms with Gasteiger partial charge in [0.05, 0.1) is 5.56 Å². The maximum absolute atomic E-state index is 13.6. The van der Waals surface area contributed by atoms with Crippen LogP contribution in [0, 0.1) is 6.92 Å². The largest absolute Gasteiger partial charge is 0.350 e. The molecule has 0 fully saturated rings. The van der Waals surface area contributed by atoms with Gasteiger partial charge in [-0.3, -0.25) is 14.5 Å². The second kappa shape index (κ2) is 5.84. The van der Waals surface area contributed by atoms with Crippen molar-refractivity contribution in [2.24, 2.45) is 0 Å². The van der Waals surface area contributed by atoms with Crippen molar-refractivity contribution in [1.29, 1.82) is 0 Å². The van der Waals surface area contributed by atoms with Crippen molar-refractivity contribution in [3.8, 4) is 0 Å². The lowest BCUT2D eigenvalue weighted by Crippen LogP contribution is -2.61. The fourth-order valence-electron chi connectivity index (χ4n) is 3.91. The standard InChI is InChI=1S/C22H16ClN3O2/c1-13-6-9-15(10-7-13)26-20(27)16-4-2-3-5-18(16)25-22(26)17-12-14(23)8-11-19(17)24-21(22)28/h2-12,25H,1H3,(H,24,28). The van der Waals surface area contributed by atoms with E-state index in [0.29, 0.717) is 33.2 Å². The molecular weight excluding hydrogens is 374 g/mol. The fraction of sp³-hybridized carbons (Fsp3) is 0.0909. The molecule has 28 heavy (non-hydrogen) atoms. The van der Waals surface area contributed by atoms with Gasteiger partial charge in [-0.15, -0.1) is 0 Å². The molecule has 2 heterocycles. The minimum Gasteiger partial charge on any atom is -0.350 e. The Hall–Kier alpha value is -3.31. The Morgan fingerprint density at radius 2 is 1.68 bits per heavy atom. The maximum Gasteiger partial charge on any atom is 0.276 e. The van der Waals surface area contributed by atoms with Gasteiger partial charge in [-0.25, -0.2) is 0 Å². The highest BCUT2D eigenvalue weighted by Gasteiger charge is 2.57. The zero-order valence-corrected chi connectivity index (χ0v) is 15.7. The lowest BCUT2D eigenvalue weighted by molar-refractivity contribution is -0.119. The van der Waals surface area contributed by atoms with Crippen LogP contribution in [-0.2, 0) is 10.5 Å². The van der Waals surface area contributed by atoms with Crippen molar-refractivity contribution in [2.45, 2.75) is 12.6 Å². The predicted octanol–water partition coefficient (Wildman–Crippen LogP) is 4.53. The van der Waals surface area contributed by atoms with Gasteiger partial charge in [-0.2, -0.15) is 0 Å². The van der Waals surface area contributed by atoms with E-state index in [-0.39, 0.29) is 11.8 Å². The molecule has 0 aliphatic carbocycles. The van der Waals surface area contributed by atoms with Crippen LogP contribution < -0.4 is 15.5 Å². The summed E-state index contributed by atoms with van der Waals surface area (Å²) >= 11 is 6.25. The summed E-state index contributed by atoms with van der Waals surface area (Å²) < 4.78 is 0. The van der Waals surface area contributed by atoms with Crippen LogP contribution in [0.1, 0.15) is 21.5 Å². The van der Waals surface area contributed by atoms with E-state index < -0.39 is 5.66 Å². The Balaban J connectivity index is 1.82. The number of fused-ring (bicyclic) bond motifs is 3. The van der Waals surface area contributed by atoms with Gasteiger partial charge in [0.2, 0.25) is 5.66 Å². The van der Waals surface area contributed by atoms with E-state index in [4.69, 9.17) is 11.6 Å². The van der Waals surface area contributed by atoms with E-state index in [2.05, 4.69) is 10.6 Å². The molecule has 0 bridgehead atoms. The Kier molecular flexibility index (Phi) is 3.51. The molecule has 2 N–H and O–H groups in total. The molecule has 2 amide bonds. The molecule has 0 aromatic heterocycles. The molecule has 1 spiro atoms. The van der Waals surface area contributed by atoms with Crippen molar-refractivity contribution in [3.63, 3.8) is 0 Å². The highest BCUT2D eigenvalue weighted by Crippen LogP contribution is 2.47. The monoisotopic (exact) mass is 389 g/mol. The summed E-state index contributed by atoms with van der Waals surface area (Å²) in [7, 11) is 0. The fourth-order valence-corrected chi connectivity index (χ4v) is 4.09. The van der Waals surface area contributed by atoms with Crippen LogP contribution in [0.4, 0.5) is 17.1 Å². The smallest absolute Gasteiger partial charge is 0.276 e. The SMILES string of the molecule is Cc1ccc(N2C(=O)c3ccccc3NC23C(=O)Nc2ccc(Cl)cc23)cc1. The van der Waals surface area contributed by atoms with Crippen LogP contribution in [0.3, 0.4) is 0 Å². The molecule has 1 unspecified atom stereocenters. The Morgan fingerprint density at radius 3 is 2.46 bits per heavy atom. The quantitative estimate of drug-likeness (QED) is 0.643. The number of para-hydroxylation sites is 1. The van der Waals surface area contributed by atoms with Crippen molar-refractivity contribution in [3.05, 3.63) is 88.4 Å². The minimum absolute atomic E-state index is 0.249. The molecule has 2 aliphatic rings. The molecule has 0 radical (unpaired) electrons. The number of anilines is 3. The predicted molar refractivity (Wildman–Crippen MR) is 110 cm³/mol. The second-order valence-electron chi connectivity index (χ2n) is 7.00. The van der Waals surface area contributed by atoms with Gasteiger partial charge < -0.3 is 10.6 Å². The highest BCUT2D eigenvalue weighted by molar-refractivity contribution is 6.31. The number of aryl methyl sites for hydroxylation is 1. The number of nitrogens with zero attached hydrogens (tertiary/aromatic N) is 1. The van der Waals surface area contributed by atoms with Gasteiger partial charge in [-0.05, 0) is 49.4 Å². The third kappa shape index (κ3) is 2.20. The van der Waals surface area contributed by atoms with Gasteiger partial charge in [0.15, 0.2) is 0 Å². The summed E-state index contributed by atoms with van der Waals surface area (Å²) in [5, 5.41) is 6.72. The number of hydrogen-bond donors (Lipinski definition) is 2. The third-order valence-electron chi connectivity index (χ3n) is 5.25. The Bertz CT molecular complexity index is 1140. The molecule has 3 aromatic rings. The normalized spacial score (nSPS) is 19.9. The number of benzene rings is 3. The van der Waals surface area contributed by atoms with E-state index in [9.17, 15) is 9.59 Å². The first-order chi connectivity index (χ1) is 13.5. The molecular formula is C22H16ClN3O2. The number of carbonyl (C=O) groups is 2. The Morgan fingerprint density at radius 1 is 0.929 bits per heavy atom. The first-order valence-corrected chi connectivity index (χ1v) is 9.28. The molecule has 0 saturated carbocycles. The topological polar surface area (TPSA) is 61.4 Å². The lowest BCUT2D eigenvalue weighted by Gasteiger charge is -2.44. The molecule has 2 aliphatic heterocycles. The van der Waals surface area contributed by atoms with Crippen molar-refractivity contribution >= 4 is 40.5 Å². The van der Waals surface area contributed by atoms with Crippen LogP contribution in [0.2, 0.25) is 5.02 Å². The van der Waals surface area contributed by atoms with Crippen LogP contribution in [-0.4, -0.2) is 11.8 Å². The van der Waals surface area contributed by atoms with Crippen LogP contribution >= 0.6 is 11.6 Å². The molecule has 3 aromatic carbocycles. The zero-order chi connectivity index (χ0) is 19.5. The van der Waals surface area contributed by atoms with E-state index in [1.807, 2.05) is 43.3 Å². The summed E-state index contributed by atoms with van der Waals surface area (Å²) in [6.45, 7) is 1.97. The summed E-state index contributed by atoms with van der Waals surface area (Å²) in [5.74, 6) is -0.575. The number of hydrogen-bond acceptors (Lipinski definition) is 3. The zero-order valence-electron chi connectivity index (χ0n) is 15.0. The van der Waals surface area contributed by atoms with Gasteiger partial charge in [0.1, 0.15) is 0 Å². The van der Waals surface area contributed by atoms with Crippen LogP contribution in [0.5, 0.6) is 0 Å². The number of carbonyl (C=O) groups excluding carboxylic acids is 2. The Labute approximate surface area is 166 Å².